The second kappa shape index (κ2) is 7.75. The number of carbonyl (C=O) groups excluding carboxylic acids is 3. The number of nitrogens with one attached hydrogen (secondary N) is 2. The van der Waals surface area contributed by atoms with Crippen molar-refractivity contribution < 1.29 is 23.2 Å². The van der Waals surface area contributed by atoms with Gasteiger partial charge in [-0.3, -0.25) is 14.5 Å². The van der Waals surface area contributed by atoms with Crippen molar-refractivity contribution in [3.05, 3.63) is 65.7 Å². The maximum absolute atomic E-state index is 13.2. The number of carbonyl (C=O) groups is 3. The van der Waals surface area contributed by atoms with Gasteiger partial charge in [0.15, 0.2) is 11.6 Å². The van der Waals surface area contributed by atoms with Gasteiger partial charge in [0.25, 0.3) is 5.91 Å². The summed E-state index contributed by atoms with van der Waals surface area (Å²) in [5, 5.41) is 4.98. The third-order valence-electron chi connectivity index (χ3n) is 4.61. The zero-order valence-corrected chi connectivity index (χ0v) is 15.2. The van der Waals surface area contributed by atoms with E-state index < -0.39 is 41.6 Å². The summed E-state index contributed by atoms with van der Waals surface area (Å²) in [5.74, 6) is -3.35. The lowest BCUT2D eigenvalue weighted by Crippen LogP contribution is -2.45. The third kappa shape index (κ3) is 4.16. The Labute approximate surface area is 160 Å². The van der Waals surface area contributed by atoms with Crippen LogP contribution in [0.5, 0.6) is 0 Å². The molecule has 0 saturated carbocycles. The zero-order chi connectivity index (χ0) is 20.3. The largest absolute Gasteiger partial charge is 0.325 e. The summed E-state index contributed by atoms with van der Waals surface area (Å²) in [6, 6.07) is 11.7. The number of hydrogen-bond acceptors (Lipinski definition) is 3. The number of aryl methyl sites for hydroxylation is 1. The SMILES string of the molecule is C[C@@]1(CCc2ccccc2)NC(=O)N(CC(=O)Nc2ccc(F)c(F)c2)C1=O. The van der Waals surface area contributed by atoms with Crippen LogP contribution in [-0.2, 0) is 16.0 Å². The van der Waals surface area contributed by atoms with Gasteiger partial charge in [0.2, 0.25) is 5.91 Å². The molecule has 0 aliphatic carbocycles. The van der Waals surface area contributed by atoms with E-state index in [0.29, 0.717) is 12.8 Å². The van der Waals surface area contributed by atoms with Crippen molar-refractivity contribution in [3.63, 3.8) is 0 Å². The van der Waals surface area contributed by atoms with E-state index >= 15 is 0 Å². The molecule has 0 unspecified atom stereocenters. The molecule has 1 saturated heterocycles. The smallest absolute Gasteiger partial charge is 0.324 e. The monoisotopic (exact) mass is 387 g/mol. The average molecular weight is 387 g/mol. The van der Waals surface area contributed by atoms with Gasteiger partial charge >= 0.3 is 6.03 Å². The van der Waals surface area contributed by atoms with Crippen LogP contribution in [0.4, 0.5) is 19.3 Å². The van der Waals surface area contributed by atoms with E-state index in [1.54, 1.807) is 6.92 Å². The van der Waals surface area contributed by atoms with Crippen LogP contribution in [0.3, 0.4) is 0 Å². The Kier molecular flexibility index (Phi) is 5.39. The maximum Gasteiger partial charge on any atom is 0.325 e. The predicted octanol–water partition coefficient (Wildman–Crippen LogP) is 2.85. The van der Waals surface area contributed by atoms with Gasteiger partial charge in [-0.05, 0) is 37.5 Å². The minimum Gasteiger partial charge on any atom is -0.324 e. The van der Waals surface area contributed by atoms with Gasteiger partial charge in [-0.2, -0.15) is 0 Å². The van der Waals surface area contributed by atoms with Crippen LogP contribution >= 0.6 is 0 Å². The Hall–Kier alpha value is -3.29. The molecule has 2 aromatic rings. The molecule has 1 aliphatic heterocycles. The topological polar surface area (TPSA) is 78.5 Å². The van der Waals surface area contributed by atoms with Crippen molar-refractivity contribution in [2.75, 3.05) is 11.9 Å². The summed E-state index contributed by atoms with van der Waals surface area (Å²) >= 11 is 0. The molecule has 1 aliphatic rings. The van der Waals surface area contributed by atoms with Crippen LogP contribution < -0.4 is 10.6 Å². The van der Waals surface area contributed by atoms with E-state index in [1.165, 1.54) is 6.07 Å². The molecule has 1 heterocycles. The second-order valence-corrected chi connectivity index (χ2v) is 6.82. The summed E-state index contributed by atoms with van der Waals surface area (Å²) < 4.78 is 26.2. The molecule has 6 nitrogen and oxygen atoms in total. The van der Waals surface area contributed by atoms with E-state index in [0.717, 1.165) is 22.6 Å². The summed E-state index contributed by atoms with van der Waals surface area (Å²) in [7, 11) is 0. The second-order valence-electron chi connectivity index (χ2n) is 6.82. The van der Waals surface area contributed by atoms with Crippen molar-refractivity contribution in [1.82, 2.24) is 10.2 Å². The number of benzene rings is 2. The quantitative estimate of drug-likeness (QED) is 0.748. The summed E-state index contributed by atoms with van der Waals surface area (Å²) in [5.41, 5.74) is -0.0575. The van der Waals surface area contributed by atoms with E-state index in [1.807, 2.05) is 30.3 Å². The highest BCUT2D eigenvalue weighted by molar-refractivity contribution is 6.09. The first-order valence-corrected chi connectivity index (χ1v) is 8.71. The van der Waals surface area contributed by atoms with Gasteiger partial charge < -0.3 is 10.6 Å². The molecule has 0 radical (unpaired) electrons. The molecule has 4 amide bonds. The number of rotatable bonds is 6. The van der Waals surface area contributed by atoms with Gasteiger partial charge in [0, 0.05) is 11.8 Å². The van der Waals surface area contributed by atoms with Crippen molar-refractivity contribution >= 4 is 23.5 Å². The van der Waals surface area contributed by atoms with Gasteiger partial charge in [0.05, 0.1) is 0 Å². The molecule has 0 aromatic heterocycles. The van der Waals surface area contributed by atoms with Gasteiger partial charge in [-0.15, -0.1) is 0 Å². The molecule has 3 rings (SSSR count). The van der Waals surface area contributed by atoms with Gasteiger partial charge in [-0.1, -0.05) is 30.3 Å². The number of urea groups is 1. The van der Waals surface area contributed by atoms with Crippen molar-refractivity contribution in [1.29, 1.82) is 0 Å². The highest BCUT2D eigenvalue weighted by atomic mass is 19.2. The van der Waals surface area contributed by atoms with E-state index in [-0.39, 0.29) is 5.69 Å². The van der Waals surface area contributed by atoms with E-state index in [9.17, 15) is 23.2 Å². The summed E-state index contributed by atoms with van der Waals surface area (Å²) in [6.45, 7) is 1.09. The molecule has 0 bridgehead atoms. The first-order chi connectivity index (χ1) is 13.3. The fraction of sp³-hybridized carbons (Fsp3) is 0.250. The van der Waals surface area contributed by atoms with Crippen LogP contribution in [0.25, 0.3) is 0 Å². The van der Waals surface area contributed by atoms with Crippen molar-refractivity contribution in [3.8, 4) is 0 Å². The molecular formula is C20H19F2N3O3. The molecule has 2 aromatic carbocycles. The minimum absolute atomic E-state index is 0.0304. The van der Waals surface area contributed by atoms with Crippen LogP contribution in [-0.4, -0.2) is 34.8 Å². The maximum atomic E-state index is 13.2. The molecular weight excluding hydrogens is 368 g/mol. The van der Waals surface area contributed by atoms with Crippen LogP contribution in [0.1, 0.15) is 18.9 Å². The molecule has 8 heteroatoms. The van der Waals surface area contributed by atoms with Crippen LogP contribution in [0.15, 0.2) is 48.5 Å². The first kappa shape index (κ1) is 19.5. The minimum atomic E-state index is -1.12. The normalized spacial score (nSPS) is 18.9. The molecule has 1 fully saturated rings. The third-order valence-corrected chi connectivity index (χ3v) is 4.61. The Morgan fingerprint density at radius 3 is 2.50 bits per heavy atom. The van der Waals surface area contributed by atoms with Gasteiger partial charge in [-0.25, -0.2) is 13.6 Å². The lowest BCUT2D eigenvalue weighted by atomic mass is 9.93. The number of nitrogens with zero attached hydrogens (tertiary/aromatic N) is 1. The molecule has 146 valence electrons. The lowest BCUT2D eigenvalue weighted by Gasteiger charge is -2.21. The summed E-state index contributed by atoms with van der Waals surface area (Å²) in [4.78, 5) is 37.9. The summed E-state index contributed by atoms with van der Waals surface area (Å²) in [6.07, 6.45) is 0.959. The van der Waals surface area contributed by atoms with E-state index in [4.69, 9.17) is 0 Å². The Morgan fingerprint density at radius 1 is 1.11 bits per heavy atom. The first-order valence-electron chi connectivity index (χ1n) is 8.71. The van der Waals surface area contributed by atoms with Crippen LogP contribution in [0, 0.1) is 11.6 Å². The highest BCUT2D eigenvalue weighted by Crippen LogP contribution is 2.23. The number of amides is 4. The number of anilines is 1. The standard InChI is InChI=1S/C20H19F2N3O3/c1-20(10-9-13-5-3-2-4-6-13)18(27)25(19(28)24-20)12-17(26)23-14-7-8-15(21)16(22)11-14/h2-8,11H,9-10,12H2,1H3,(H,23,26)(H,24,28)/t20-/m0/s1. The fourth-order valence-corrected chi connectivity index (χ4v) is 3.02. The Bertz CT molecular complexity index is 920. The Balaban J connectivity index is 1.62. The number of halogens is 2. The fourth-order valence-electron chi connectivity index (χ4n) is 3.02. The number of hydrogen-bond donors (Lipinski definition) is 2. The number of imide groups is 1. The van der Waals surface area contributed by atoms with Crippen molar-refractivity contribution in [2.24, 2.45) is 0 Å². The molecule has 2 N–H and O–H groups in total. The average Bonchev–Trinajstić information content (AvgIpc) is 2.87. The van der Waals surface area contributed by atoms with E-state index in [2.05, 4.69) is 10.6 Å². The highest BCUT2D eigenvalue weighted by Gasteiger charge is 2.47. The predicted molar refractivity (Wildman–Crippen MR) is 98.4 cm³/mol. The zero-order valence-electron chi connectivity index (χ0n) is 15.2. The molecule has 0 spiro atoms. The molecule has 1 atom stereocenters. The van der Waals surface area contributed by atoms with Crippen molar-refractivity contribution in [2.45, 2.75) is 25.3 Å². The van der Waals surface area contributed by atoms with Gasteiger partial charge in [0.1, 0.15) is 12.1 Å². The van der Waals surface area contributed by atoms with Crippen LogP contribution in [0.2, 0.25) is 0 Å². The lowest BCUT2D eigenvalue weighted by molar-refractivity contribution is -0.133. The Morgan fingerprint density at radius 2 is 1.82 bits per heavy atom. The molecule has 28 heavy (non-hydrogen) atoms.